The van der Waals surface area contributed by atoms with Gasteiger partial charge in [-0.25, -0.2) is 19.3 Å². The highest BCUT2D eigenvalue weighted by Crippen LogP contribution is 2.26. The lowest BCUT2D eigenvalue weighted by Crippen LogP contribution is -2.25. The van der Waals surface area contributed by atoms with E-state index in [1.54, 1.807) is 22.4 Å². The molecule has 160 valence electrons. The van der Waals surface area contributed by atoms with E-state index in [1.165, 1.54) is 54.9 Å². The highest BCUT2D eigenvalue weighted by molar-refractivity contribution is 7.99. The Morgan fingerprint density at radius 2 is 1.90 bits per heavy atom. The molecule has 0 saturated heterocycles. The van der Waals surface area contributed by atoms with Gasteiger partial charge in [-0.3, -0.25) is 5.41 Å². The van der Waals surface area contributed by atoms with Crippen LogP contribution >= 0.6 is 35.3 Å². The van der Waals surface area contributed by atoms with Crippen LogP contribution < -0.4 is 5.49 Å². The molecule has 30 heavy (non-hydrogen) atoms. The van der Waals surface area contributed by atoms with E-state index in [0.29, 0.717) is 33.4 Å². The van der Waals surface area contributed by atoms with E-state index >= 15 is 0 Å². The second-order valence-corrected chi connectivity index (χ2v) is 9.42. The van der Waals surface area contributed by atoms with E-state index in [0.717, 1.165) is 22.8 Å². The topological polar surface area (TPSA) is 67.5 Å². The summed E-state index contributed by atoms with van der Waals surface area (Å²) in [5, 5.41) is 11.6. The fourth-order valence-corrected chi connectivity index (χ4v) is 5.12. The molecule has 0 saturated carbocycles. The molecule has 0 radical (unpaired) electrons. The van der Waals surface area contributed by atoms with Crippen LogP contribution in [0.4, 0.5) is 4.39 Å². The maximum Gasteiger partial charge on any atom is 0.190 e. The van der Waals surface area contributed by atoms with Crippen molar-refractivity contribution >= 4 is 46.3 Å². The predicted octanol–water partition coefficient (Wildman–Crippen LogP) is 5.61. The fraction of sp³-hybridized carbons (Fsp3) is 0.429. The van der Waals surface area contributed by atoms with E-state index in [9.17, 15) is 4.39 Å². The summed E-state index contributed by atoms with van der Waals surface area (Å²) < 4.78 is 15.4. The third-order valence-corrected chi connectivity index (χ3v) is 6.90. The number of halogens is 1. The summed E-state index contributed by atoms with van der Waals surface area (Å²) >= 11 is 4.61. The molecule has 9 heteroatoms. The molecule has 1 aromatic carbocycles. The Morgan fingerprint density at radius 3 is 2.60 bits per heavy atom. The molecule has 0 aliphatic rings. The molecule has 0 amide bonds. The number of fused-ring (bicyclic) bond motifs is 1. The van der Waals surface area contributed by atoms with Gasteiger partial charge in [-0.2, -0.15) is 0 Å². The van der Waals surface area contributed by atoms with Gasteiger partial charge in [0.2, 0.25) is 0 Å². The predicted molar refractivity (Wildman–Crippen MR) is 125 cm³/mol. The molecule has 1 N–H and O–H groups in total. The molecule has 0 aliphatic carbocycles. The average Bonchev–Trinajstić information content (AvgIpc) is 2.74. The van der Waals surface area contributed by atoms with E-state index in [-0.39, 0.29) is 5.82 Å². The molecule has 5 nitrogen and oxygen atoms in total. The number of benzene rings is 1. The lowest BCUT2D eigenvalue weighted by atomic mass is 10.2. The Hall–Kier alpha value is -1.58. The van der Waals surface area contributed by atoms with Gasteiger partial charge in [0.25, 0.3) is 0 Å². The van der Waals surface area contributed by atoms with Crippen LogP contribution in [0.2, 0.25) is 0 Å². The number of nitrogens with zero attached hydrogens (tertiary/aromatic N) is 4. The zero-order chi connectivity index (χ0) is 21.5. The van der Waals surface area contributed by atoms with E-state index in [4.69, 9.17) is 15.4 Å². The fourth-order valence-electron chi connectivity index (χ4n) is 3.10. The number of hydrogen-bond acceptors (Lipinski definition) is 7. The Morgan fingerprint density at radius 1 is 1.07 bits per heavy atom. The van der Waals surface area contributed by atoms with E-state index in [1.807, 2.05) is 18.6 Å². The van der Waals surface area contributed by atoms with Gasteiger partial charge in [-0.1, -0.05) is 61.8 Å². The van der Waals surface area contributed by atoms with Crippen molar-refractivity contribution in [3.05, 3.63) is 41.1 Å². The number of rotatable bonds is 10. The Labute approximate surface area is 189 Å². The number of unbranched alkanes of at least 4 members (excludes halogenated alkanes) is 3. The van der Waals surface area contributed by atoms with Crippen molar-refractivity contribution in [3.8, 4) is 0 Å². The molecule has 2 aromatic heterocycles. The first-order chi connectivity index (χ1) is 14.6. The summed E-state index contributed by atoms with van der Waals surface area (Å²) in [7, 11) is 0. The molecule has 0 fully saturated rings. The summed E-state index contributed by atoms with van der Waals surface area (Å²) in [6.07, 6.45) is 8.72. The maximum atomic E-state index is 13.6. The summed E-state index contributed by atoms with van der Waals surface area (Å²) in [6, 6.07) is 6.45. The average molecular weight is 464 g/mol. The lowest BCUT2D eigenvalue weighted by Gasteiger charge is -2.15. The summed E-state index contributed by atoms with van der Waals surface area (Å²) in [4.78, 5) is 14.1. The first kappa shape index (κ1) is 23.1. The summed E-state index contributed by atoms with van der Waals surface area (Å²) in [6.45, 7) is 2.58. The number of hydrogen-bond donors (Lipinski definition) is 1. The van der Waals surface area contributed by atoms with Gasteiger partial charge >= 0.3 is 0 Å². The van der Waals surface area contributed by atoms with E-state index < -0.39 is 0 Å². The van der Waals surface area contributed by atoms with E-state index in [2.05, 4.69) is 11.9 Å². The largest absolute Gasteiger partial charge is 0.301 e. The van der Waals surface area contributed by atoms with Crippen molar-refractivity contribution in [1.82, 2.24) is 19.5 Å². The third-order valence-electron chi connectivity index (χ3n) is 4.61. The molecule has 0 unspecified atom stereocenters. The molecule has 0 aliphatic heterocycles. The maximum absolute atomic E-state index is 13.6. The Bertz CT molecular complexity index is 1070. The molecule has 3 rings (SSSR count). The molecule has 2 heterocycles. The minimum atomic E-state index is -0.284. The summed E-state index contributed by atoms with van der Waals surface area (Å²) in [5.41, 5.74) is 1.64. The smallest absolute Gasteiger partial charge is 0.190 e. The van der Waals surface area contributed by atoms with Gasteiger partial charge in [-0.05, 0) is 36.6 Å². The number of nitrogens with one attached hydrogen (secondary N) is 1. The summed E-state index contributed by atoms with van der Waals surface area (Å²) in [5.74, 6) is 0.697. The highest BCUT2D eigenvalue weighted by atomic mass is 32.2. The first-order valence-corrected chi connectivity index (χ1v) is 13.3. The minimum Gasteiger partial charge on any atom is -0.301 e. The van der Waals surface area contributed by atoms with Gasteiger partial charge in [-0.15, -0.1) is 11.8 Å². The van der Waals surface area contributed by atoms with Crippen LogP contribution in [0.5, 0.6) is 0 Å². The number of aromatic nitrogens is 4. The van der Waals surface area contributed by atoms with Crippen LogP contribution in [-0.4, -0.2) is 37.8 Å². The highest BCUT2D eigenvalue weighted by Gasteiger charge is 2.16. The van der Waals surface area contributed by atoms with Crippen molar-refractivity contribution in [3.63, 3.8) is 0 Å². The second kappa shape index (κ2) is 11.2. The SMILES string of the molecule is CCCCCCSc1nc(SC)c2c(=N)n(Cc3cccc(F)c3)c(SC)nc2n1. The van der Waals surface area contributed by atoms with Crippen molar-refractivity contribution in [2.75, 3.05) is 18.3 Å². The molecule has 3 aromatic rings. The van der Waals surface area contributed by atoms with Crippen LogP contribution in [0.3, 0.4) is 0 Å². The Balaban J connectivity index is 1.99. The van der Waals surface area contributed by atoms with Crippen LogP contribution in [-0.2, 0) is 6.54 Å². The normalized spacial score (nSPS) is 11.3. The lowest BCUT2D eigenvalue weighted by molar-refractivity contribution is 0.609. The zero-order valence-electron chi connectivity index (χ0n) is 17.4. The van der Waals surface area contributed by atoms with Gasteiger partial charge in [0, 0.05) is 5.75 Å². The monoisotopic (exact) mass is 463 g/mol. The van der Waals surface area contributed by atoms with Crippen LogP contribution in [0, 0.1) is 11.2 Å². The Kier molecular flexibility index (Phi) is 8.59. The number of thioether (sulfide) groups is 3. The minimum absolute atomic E-state index is 0.284. The molecular formula is C21H26FN5S3. The quantitative estimate of drug-likeness (QED) is 0.182. The first-order valence-electron chi connectivity index (χ1n) is 9.89. The van der Waals surface area contributed by atoms with Crippen molar-refractivity contribution in [1.29, 1.82) is 5.41 Å². The molecule has 0 spiro atoms. The van der Waals surface area contributed by atoms with Gasteiger partial charge in [0.15, 0.2) is 16.0 Å². The zero-order valence-corrected chi connectivity index (χ0v) is 19.9. The van der Waals surface area contributed by atoms with Gasteiger partial charge in [0.1, 0.15) is 16.3 Å². The van der Waals surface area contributed by atoms with Gasteiger partial charge < -0.3 is 4.57 Å². The van der Waals surface area contributed by atoms with Crippen LogP contribution in [0.1, 0.15) is 38.2 Å². The third kappa shape index (κ3) is 5.56. The van der Waals surface area contributed by atoms with Crippen LogP contribution in [0.25, 0.3) is 11.0 Å². The van der Waals surface area contributed by atoms with Gasteiger partial charge in [0.05, 0.1) is 11.9 Å². The van der Waals surface area contributed by atoms with Crippen molar-refractivity contribution < 1.29 is 4.39 Å². The molecular weight excluding hydrogens is 437 g/mol. The molecule has 0 atom stereocenters. The van der Waals surface area contributed by atoms with Crippen molar-refractivity contribution in [2.24, 2.45) is 0 Å². The van der Waals surface area contributed by atoms with Crippen molar-refractivity contribution in [2.45, 2.75) is 54.5 Å². The van der Waals surface area contributed by atoms with Crippen LogP contribution in [0.15, 0.2) is 39.6 Å². The molecule has 0 bridgehead atoms. The standard InChI is InChI=1S/C21H26FN5S3/c1-4-5-6-7-11-30-20-24-18-16(19(26-20)28-2)17(23)27(21(25-18)29-3)13-14-9-8-10-15(22)12-14/h8-10,12,23H,4-7,11,13H2,1-3H3. The second-order valence-electron chi connectivity index (χ2n) is 6.79.